The summed E-state index contributed by atoms with van der Waals surface area (Å²) in [6.07, 6.45) is 0.0589. The predicted octanol–water partition coefficient (Wildman–Crippen LogP) is -0.255. The normalized spacial score (nSPS) is 22.2. The zero-order valence-electron chi connectivity index (χ0n) is 12.7. The minimum atomic E-state index is -0.317. The predicted molar refractivity (Wildman–Crippen MR) is 77.0 cm³/mol. The molecule has 6 heteroatoms. The maximum absolute atomic E-state index is 12.0. The number of likely N-dealkylation sites (N-methyl/N-ethyl adjacent to an activating group) is 1. The molecule has 1 aliphatic rings. The Labute approximate surface area is 121 Å². The lowest BCUT2D eigenvalue weighted by Crippen LogP contribution is -2.55. The van der Waals surface area contributed by atoms with Gasteiger partial charge in [0.1, 0.15) is 0 Å². The second-order valence-corrected chi connectivity index (χ2v) is 5.65. The van der Waals surface area contributed by atoms with Crippen LogP contribution in [0.25, 0.3) is 0 Å². The van der Waals surface area contributed by atoms with Crippen molar-refractivity contribution in [3.8, 4) is 6.07 Å². The van der Waals surface area contributed by atoms with Crippen LogP contribution < -0.4 is 0 Å². The zero-order chi connectivity index (χ0) is 15.1. The van der Waals surface area contributed by atoms with Gasteiger partial charge in [-0.25, -0.2) is 0 Å². The molecular weight excluding hydrogens is 256 g/mol. The van der Waals surface area contributed by atoms with Gasteiger partial charge in [0.15, 0.2) is 0 Å². The second kappa shape index (κ2) is 8.20. The first-order valence-corrected chi connectivity index (χ1v) is 7.19. The van der Waals surface area contributed by atoms with Crippen LogP contribution in [-0.4, -0.2) is 84.2 Å². The minimum Gasteiger partial charge on any atom is -0.392 e. The van der Waals surface area contributed by atoms with Crippen LogP contribution in [0.15, 0.2) is 0 Å². The molecule has 6 nitrogen and oxygen atoms in total. The van der Waals surface area contributed by atoms with Gasteiger partial charge in [-0.1, -0.05) is 0 Å². The highest BCUT2D eigenvalue weighted by molar-refractivity contribution is 5.78. The first-order chi connectivity index (χ1) is 9.43. The van der Waals surface area contributed by atoms with Crippen LogP contribution in [0.1, 0.15) is 20.3 Å². The molecule has 1 saturated heterocycles. The molecule has 114 valence electrons. The molecule has 1 rings (SSSR count). The molecule has 0 saturated carbocycles. The molecule has 1 fully saturated rings. The molecule has 0 unspecified atom stereocenters. The monoisotopic (exact) mass is 282 g/mol. The van der Waals surface area contributed by atoms with Crippen molar-refractivity contribution in [3.63, 3.8) is 0 Å². The second-order valence-electron chi connectivity index (χ2n) is 5.65. The number of amides is 1. The van der Waals surface area contributed by atoms with E-state index >= 15 is 0 Å². The molecule has 0 aliphatic carbocycles. The molecule has 1 aliphatic heterocycles. The van der Waals surface area contributed by atoms with E-state index in [1.54, 1.807) is 18.9 Å². The van der Waals surface area contributed by atoms with E-state index in [0.29, 0.717) is 32.1 Å². The number of hydrogen-bond acceptors (Lipinski definition) is 5. The van der Waals surface area contributed by atoms with Crippen LogP contribution in [0.5, 0.6) is 0 Å². The van der Waals surface area contributed by atoms with E-state index in [9.17, 15) is 9.90 Å². The number of carbonyl (C=O) groups is 1. The van der Waals surface area contributed by atoms with E-state index in [1.807, 2.05) is 0 Å². The van der Waals surface area contributed by atoms with Crippen LogP contribution in [-0.2, 0) is 4.79 Å². The molecule has 0 radical (unpaired) electrons. The van der Waals surface area contributed by atoms with Crippen molar-refractivity contribution in [1.29, 1.82) is 5.26 Å². The molecule has 2 atom stereocenters. The van der Waals surface area contributed by atoms with E-state index in [2.05, 4.69) is 22.8 Å². The Morgan fingerprint density at radius 1 is 1.55 bits per heavy atom. The van der Waals surface area contributed by atoms with E-state index in [-0.39, 0.29) is 12.0 Å². The van der Waals surface area contributed by atoms with Crippen LogP contribution in [0, 0.1) is 11.3 Å². The number of piperazine rings is 1. The first kappa shape index (κ1) is 16.9. The third-order valence-electron chi connectivity index (χ3n) is 3.69. The maximum atomic E-state index is 12.0. The standard InChI is InChI=1S/C14H26N4O2/c1-12-9-17(7-8-18(12)10-13(2)19)11-14(20)16(3)6-4-5-15/h12-13,19H,4,6-11H2,1-3H3/t12-,13+/m1/s1. The highest BCUT2D eigenvalue weighted by Gasteiger charge is 2.26. The highest BCUT2D eigenvalue weighted by Crippen LogP contribution is 2.10. The number of aliphatic hydroxyl groups excluding tert-OH is 1. The Hall–Kier alpha value is -1.16. The van der Waals surface area contributed by atoms with Crippen molar-refractivity contribution < 1.29 is 9.90 Å². The summed E-state index contributed by atoms with van der Waals surface area (Å²) in [5.74, 6) is 0.0661. The van der Waals surface area contributed by atoms with Crippen molar-refractivity contribution in [2.24, 2.45) is 0 Å². The molecule has 1 N–H and O–H groups in total. The topological polar surface area (TPSA) is 70.8 Å². The summed E-state index contributed by atoms with van der Waals surface area (Å²) in [6.45, 7) is 8.07. The fraction of sp³-hybridized carbons (Fsp3) is 0.857. The zero-order valence-corrected chi connectivity index (χ0v) is 12.7. The Morgan fingerprint density at radius 2 is 2.25 bits per heavy atom. The first-order valence-electron chi connectivity index (χ1n) is 7.19. The van der Waals surface area contributed by atoms with Crippen molar-refractivity contribution >= 4 is 5.91 Å². The number of β-amino-alcohol motifs (C(OH)–C–C–N with tert-alkyl or cyclic N) is 1. The van der Waals surface area contributed by atoms with Gasteiger partial charge < -0.3 is 10.0 Å². The average Bonchev–Trinajstić information content (AvgIpc) is 2.38. The number of nitriles is 1. The van der Waals surface area contributed by atoms with Gasteiger partial charge >= 0.3 is 0 Å². The largest absolute Gasteiger partial charge is 0.392 e. The molecule has 20 heavy (non-hydrogen) atoms. The SMILES string of the molecule is C[C@H](O)CN1CCN(CC(=O)N(C)CCC#N)C[C@H]1C. The van der Waals surface area contributed by atoms with Gasteiger partial charge in [0.25, 0.3) is 0 Å². The lowest BCUT2D eigenvalue weighted by molar-refractivity contribution is -0.131. The Morgan fingerprint density at radius 3 is 2.80 bits per heavy atom. The molecular formula is C14H26N4O2. The Bertz CT molecular complexity index is 354. The van der Waals surface area contributed by atoms with Gasteiger partial charge in [0.2, 0.25) is 5.91 Å². The molecule has 1 heterocycles. The third-order valence-corrected chi connectivity index (χ3v) is 3.69. The van der Waals surface area contributed by atoms with Gasteiger partial charge in [0.05, 0.1) is 25.1 Å². The summed E-state index contributed by atoms with van der Waals surface area (Å²) in [4.78, 5) is 18.0. The minimum absolute atomic E-state index is 0.0661. The number of rotatable bonds is 6. The van der Waals surface area contributed by atoms with Gasteiger partial charge in [-0.3, -0.25) is 14.6 Å². The van der Waals surface area contributed by atoms with Crippen LogP contribution in [0.2, 0.25) is 0 Å². The van der Waals surface area contributed by atoms with Crippen molar-refractivity contribution in [2.75, 3.05) is 46.3 Å². The van der Waals surface area contributed by atoms with Crippen molar-refractivity contribution in [1.82, 2.24) is 14.7 Å². The molecule has 0 aromatic carbocycles. The van der Waals surface area contributed by atoms with E-state index < -0.39 is 0 Å². The summed E-state index contributed by atoms with van der Waals surface area (Å²) in [7, 11) is 1.74. The molecule has 0 aromatic heterocycles. The summed E-state index contributed by atoms with van der Waals surface area (Å²) in [5.41, 5.74) is 0. The fourth-order valence-corrected chi connectivity index (χ4v) is 2.48. The maximum Gasteiger partial charge on any atom is 0.236 e. The van der Waals surface area contributed by atoms with E-state index in [1.165, 1.54) is 0 Å². The van der Waals surface area contributed by atoms with E-state index in [0.717, 1.165) is 19.6 Å². The number of nitrogens with zero attached hydrogens (tertiary/aromatic N) is 4. The van der Waals surface area contributed by atoms with Gasteiger partial charge in [0, 0.05) is 45.8 Å². The quantitative estimate of drug-likeness (QED) is 0.727. The van der Waals surface area contributed by atoms with Crippen LogP contribution in [0.4, 0.5) is 0 Å². The Kier molecular flexibility index (Phi) is 6.93. The van der Waals surface area contributed by atoms with Crippen molar-refractivity contribution in [3.05, 3.63) is 0 Å². The van der Waals surface area contributed by atoms with Crippen molar-refractivity contribution in [2.45, 2.75) is 32.4 Å². The smallest absolute Gasteiger partial charge is 0.236 e. The van der Waals surface area contributed by atoms with Crippen LogP contribution >= 0.6 is 0 Å². The number of carbonyl (C=O) groups excluding carboxylic acids is 1. The summed E-state index contributed by atoms with van der Waals surface area (Å²) < 4.78 is 0. The number of hydrogen-bond donors (Lipinski definition) is 1. The Balaban J connectivity index is 2.37. The molecule has 0 bridgehead atoms. The molecule has 0 spiro atoms. The van der Waals surface area contributed by atoms with Gasteiger partial charge in [-0.05, 0) is 13.8 Å². The summed E-state index contributed by atoms with van der Waals surface area (Å²) in [6, 6.07) is 2.39. The number of aliphatic hydroxyl groups is 1. The van der Waals surface area contributed by atoms with Gasteiger partial charge in [-0.2, -0.15) is 5.26 Å². The highest BCUT2D eigenvalue weighted by atomic mass is 16.3. The summed E-state index contributed by atoms with van der Waals surface area (Å²) >= 11 is 0. The molecule has 0 aromatic rings. The third kappa shape index (κ3) is 5.45. The van der Waals surface area contributed by atoms with Gasteiger partial charge in [-0.15, -0.1) is 0 Å². The lowest BCUT2D eigenvalue weighted by Gasteiger charge is -2.40. The fourth-order valence-electron chi connectivity index (χ4n) is 2.48. The lowest BCUT2D eigenvalue weighted by atomic mass is 10.1. The molecule has 1 amide bonds. The van der Waals surface area contributed by atoms with E-state index in [4.69, 9.17) is 5.26 Å². The summed E-state index contributed by atoms with van der Waals surface area (Å²) in [5, 5.41) is 18.0. The average molecular weight is 282 g/mol. The van der Waals surface area contributed by atoms with Crippen LogP contribution in [0.3, 0.4) is 0 Å².